The minimum atomic E-state index is 0.119. The second kappa shape index (κ2) is 7.29. The fourth-order valence-corrected chi connectivity index (χ4v) is 2.65. The third-order valence-electron chi connectivity index (χ3n) is 3.72. The van der Waals surface area contributed by atoms with Crippen LogP contribution in [0.2, 0.25) is 0 Å². The highest BCUT2D eigenvalue weighted by Crippen LogP contribution is 2.19. The highest BCUT2D eigenvalue weighted by atomic mass is 16.5. The van der Waals surface area contributed by atoms with Crippen molar-refractivity contribution in [3.8, 4) is 5.75 Å². The molecule has 1 aromatic rings. The molecule has 0 bridgehead atoms. The number of hydrogen-bond acceptors (Lipinski definition) is 3. The summed E-state index contributed by atoms with van der Waals surface area (Å²) in [5.74, 6) is 1.13. The van der Waals surface area contributed by atoms with Crippen LogP contribution < -0.4 is 10.1 Å². The van der Waals surface area contributed by atoms with Gasteiger partial charge < -0.3 is 15.0 Å². The lowest BCUT2D eigenvalue weighted by Crippen LogP contribution is -2.41. The molecule has 2 rings (SSSR count). The minimum absolute atomic E-state index is 0.119. The zero-order valence-corrected chi connectivity index (χ0v) is 12.4. The molecular weight excluding hydrogens is 252 g/mol. The third kappa shape index (κ3) is 3.97. The number of piperidine rings is 1. The summed E-state index contributed by atoms with van der Waals surface area (Å²) in [5.41, 5.74) is 1.03. The maximum Gasteiger partial charge on any atom is 0.224 e. The molecule has 4 nitrogen and oxygen atoms in total. The molecular formula is C16H24N2O2. The van der Waals surface area contributed by atoms with Crippen LogP contribution in [0.25, 0.3) is 0 Å². The Balaban J connectivity index is 1.89. The molecule has 1 aliphatic rings. The van der Waals surface area contributed by atoms with Gasteiger partial charge in [0.15, 0.2) is 0 Å². The Morgan fingerprint density at radius 1 is 1.45 bits per heavy atom. The van der Waals surface area contributed by atoms with Crippen molar-refractivity contribution in [2.45, 2.75) is 26.3 Å². The highest BCUT2D eigenvalue weighted by molar-refractivity contribution is 5.79. The van der Waals surface area contributed by atoms with Crippen molar-refractivity contribution >= 4 is 5.91 Å². The number of ether oxygens (including phenoxy) is 1. The average Bonchev–Trinajstić information content (AvgIpc) is 2.46. The summed E-state index contributed by atoms with van der Waals surface area (Å²) in [5, 5.41) is 3.04. The topological polar surface area (TPSA) is 41.6 Å². The molecule has 1 N–H and O–H groups in total. The number of amides is 1. The number of carbonyl (C=O) groups is 1. The number of rotatable bonds is 5. The van der Waals surface area contributed by atoms with Crippen LogP contribution in [-0.4, -0.2) is 37.6 Å². The molecule has 1 heterocycles. The van der Waals surface area contributed by atoms with Gasteiger partial charge in [-0.15, -0.1) is 0 Å². The van der Waals surface area contributed by atoms with E-state index in [4.69, 9.17) is 4.74 Å². The quantitative estimate of drug-likeness (QED) is 0.895. The second-order valence-corrected chi connectivity index (χ2v) is 5.36. The molecule has 1 atom stereocenters. The summed E-state index contributed by atoms with van der Waals surface area (Å²) < 4.78 is 5.57. The smallest absolute Gasteiger partial charge is 0.224 e. The normalized spacial score (nSPS) is 19.6. The van der Waals surface area contributed by atoms with E-state index in [1.54, 1.807) is 0 Å². The standard InChI is InChI=1S/C16H24N2O2/c1-3-20-15-9-5-4-7-13(15)11-17-16(19)14-8-6-10-18(2)12-14/h4-5,7,9,14H,3,6,8,10-12H2,1-2H3,(H,17,19)/t14-/m0/s1. The first kappa shape index (κ1) is 14.9. The van der Waals surface area contributed by atoms with E-state index in [9.17, 15) is 4.79 Å². The Labute approximate surface area is 121 Å². The van der Waals surface area contributed by atoms with Crippen LogP contribution in [-0.2, 0) is 11.3 Å². The number of benzene rings is 1. The molecule has 1 aliphatic heterocycles. The number of para-hydroxylation sites is 1. The van der Waals surface area contributed by atoms with Crippen LogP contribution in [0.15, 0.2) is 24.3 Å². The predicted molar refractivity (Wildman–Crippen MR) is 79.7 cm³/mol. The van der Waals surface area contributed by atoms with Crippen LogP contribution in [0.3, 0.4) is 0 Å². The van der Waals surface area contributed by atoms with Crippen LogP contribution in [0, 0.1) is 5.92 Å². The molecule has 1 amide bonds. The van der Waals surface area contributed by atoms with Gasteiger partial charge in [0, 0.05) is 18.7 Å². The van der Waals surface area contributed by atoms with Gasteiger partial charge in [0.1, 0.15) is 5.75 Å². The summed E-state index contributed by atoms with van der Waals surface area (Å²) in [4.78, 5) is 14.4. The number of nitrogens with zero attached hydrogens (tertiary/aromatic N) is 1. The van der Waals surface area contributed by atoms with E-state index >= 15 is 0 Å². The molecule has 0 aromatic heterocycles. The summed E-state index contributed by atoms with van der Waals surface area (Å²) >= 11 is 0. The van der Waals surface area contributed by atoms with E-state index in [1.165, 1.54) is 0 Å². The van der Waals surface area contributed by atoms with E-state index in [1.807, 2.05) is 31.2 Å². The number of nitrogens with one attached hydrogen (secondary N) is 1. The molecule has 0 saturated carbocycles. The van der Waals surface area contributed by atoms with Crippen molar-refractivity contribution in [1.82, 2.24) is 10.2 Å². The highest BCUT2D eigenvalue weighted by Gasteiger charge is 2.23. The Kier molecular flexibility index (Phi) is 5.41. The molecule has 0 radical (unpaired) electrons. The fraction of sp³-hybridized carbons (Fsp3) is 0.562. The van der Waals surface area contributed by atoms with Crippen LogP contribution >= 0.6 is 0 Å². The fourth-order valence-electron chi connectivity index (χ4n) is 2.65. The van der Waals surface area contributed by atoms with E-state index in [2.05, 4.69) is 17.3 Å². The zero-order chi connectivity index (χ0) is 14.4. The van der Waals surface area contributed by atoms with E-state index in [-0.39, 0.29) is 11.8 Å². The van der Waals surface area contributed by atoms with Gasteiger partial charge in [0.05, 0.1) is 12.5 Å². The lowest BCUT2D eigenvalue weighted by Gasteiger charge is -2.28. The van der Waals surface area contributed by atoms with Gasteiger partial charge in [0.25, 0.3) is 0 Å². The average molecular weight is 276 g/mol. The number of likely N-dealkylation sites (tertiary alicyclic amines) is 1. The van der Waals surface area contributed by atoms with Crippen molar-refractivity contribution in [2.24, 2.45) is 5.92 Å². The van der Waals surface area contributed by atoms with E-state index < -0.39 is 0 Å². The Bertz CT molecular complexity index is 448. The van der Waals surface area contributed by atoms with Gasteiger partial charge in [-0.1, -0.05) is 18.2 Å². The molecule has 0 unspecified atom stereocenters. The molecule has 20 heavy (non-hydrogen) atoms. The summed E-state index contributed by atoms with van der Waals surface area (Å²) in [6, 6.07) is 7.86. The van der Waals surface area contributed by atoms with E-state index in [0.29, 0.717) is 13.2 Å². The summed E-state index contributed by atoms with van der Waals surface area (Å²) in [6.45, 7) is 5.09. The largest absolute Gasteiger partial charge is 0.494 e. The maximum absolute atomic E-state index is 12.2. The molecule has 4 heteroatoms. The van der Waals surface area contributed by atoms with Gasteiger partial charge in [-0.25, -0.2) is 0 Å². The molecule has 0 spiro atoms. The van der Waals surface area contributed by atoms with Crippen molar-refractivity contribution in [1.29, 1.82) is 0 Å². The maximum atomic E-state index is 12.2. The molecule has 1 aromatic carbocycles. The van der Waals surface area contributed by atoms with Gasteiger partial charge in [0.2, 0.25) is 5.91 Å². The van der Waals surface area contributed by atoms with Gasteiger partial charge in [-0.05, 0) is 39.4 Å². The Hall–Kier alpha value is -1.55. The SMILES string of the molecule is CCOc1ccccc1CNC(=O)[C@H]1CCCN(C)C1. The summed E-state index contributed by atoms with van der Waals surface area (Å²) in [7, 11) is 2.07. The van der Waals surface area contributed by atoms with Crippen LogP contribution in [0.4, 0.5) is 0 Å². The molecule has 1 saturated heterocycles. The monoisotopic (exact) mass is 276 g/mol. The number of carbonyl (C=O) groups excluding carboxylic acids is 1. The Morgan fingerprint density at radius 2 is 2.25 bits per heavy atom. The predicted octanol–water partition coefficient (Wildman–Crippen LogP) is 2.04. The van der Waals surface area contributed by atoms with E-state index in [0.717, 1.165) is 37.2 Å². The first-order valence-corrected chi connectivity index (χ1v) is 7.37. The molecule has 0 aliphatic carbocycles. The lowest BCUT2D eigenvalue weighted by atomic mass is 9.97. The third-order valence-corrected chi connectivity index (χ3v) is 3.72. The summed E-state index contributed by atoms with van der Waals surface area (Å²) in [6.07, 6.45) is 2.09. The second-order valence-electron chi connectivity index (χ2n) is 5.36. The lowest BCUT2D eigenvalue weighted by molar-refractivity contribution is -0.126. The zero-order valence-electron chi connectivity index (χ0n) is 12.4. The van der Waals surface area contributed by atoms with Gasteiger partial charge in [-0.3, -0.25) is 4.79 Å². The van der Waals surface area contributed by atoms with Gasteiger partial charge >= 0.3 is 0 Å². The van der Waals surface area contributed by atoms with Crippen LogP contribution in [0.1, 0.15) is 25.3 Å². The van der Waals surface area contributed by atoms with Gasteiger partial charge in [-0.2, -0.15) is 0 Å². The first-order valence-electron chi connectivity index (χ1n) is 7.37. The Morgan fingerprint density at radius 3 is 3.00 bits per heavy atom. The molecule has 110 valence electrons. The first-order chi connectivity index (χ1) is 9.70. The molecule has 1 fully saturated rings. The minimum Gasteiger partial charge on any atom is -0.494 e. The number of hydrogen-bond donors (Lipinski definition) is 1. The van der Waals surface area contributed by atoms with Crippen molar-refractivity contribution in [3.63, 3.8) is 0 Å². The van der Waals surface area contributed by atoms with Crippen molar-refractivity contribution < 1.29 is 9.53 Å². The van der Waals surface area contributed by atoms with Crippen molar-refractivity contribution in [3.05, 3.63) is 29.8 Å². The van der Waals surface area contributed by atoms with Crippen molar-refractivity contribution in [2.75, 3.05) is 26.7 Å². The van der Waals surface area contributed by atoms with Crippen LogP contribution in [0.5, 0.6) is 5.75 Å².